The van der Waals surface area contributed by atoms with E-state index in [-0.39, 0.29) is 5.54 Å². The van der Waals surface area contributed by atoms with E-state index in [9.17, 15) is 0 Å². The van der Waals surface area contributed by atoms with Gasteiger partial charge in [0.15, 0.2) is 5.13 Å². The molecule has 0 unspecified atom stereocenters. The van der Waals surface area contributed by atoms with Crippen LogP contribution in [0.4, 0.5) is 5.13 Å². The molecule has 0 atom stereocenters. The fourth-order valence-corrected chi connectivity index (χ4v) is 4.42. The van der Waals surface area contributed by atoms with Crippen LogP contribution in [0.15, 0.2) is 0 Å². The maximum Gasteiger partial charge on any atom is 0.185 e. The van der Waals surface area contributed by atoms with E-state index < -0.39 is 0 Å². The molecule has 1 fully saturated rings. The van der Waals surface area contributed by atoms with Gasteiger partial charge in [0, 0.05) is 40.6 Å². The van der Waals surface area contributed by atoms with Crippen LogP contribution in [0.5, 0.6) is 0 Å². The monoisotopic (exact) mass is 327 g/mol. The first-order valence-electron chi connectivity index (χ1n) is 7.76. The Bertz CT molecular complexity index is 474. The molecule has 0 spiro atoms. The highest BCUT2D eigenvalue weighted by molar-refractivity contribution is 8.00. The van der Waals surface area contributed by atoms with Crippen molar-refractivity contribution in [3.8, 4) is 0 Å². The number of thioether (sulfide) groups is 1. The van der Waals surface area contributed by atoms with Gasteiger partial charge >= 0.3 is 0 Å². The van der Waals surface area contributed by atoms with Crippen molar-refractivity contribution in [3.63, 3.8) is 0 Å². The van der Waals surface area contributed by atoms with Gasteiger partial charge in [-0.2, -0.15) is 11.8 Å². The molecule has 0 amide bonds. The number of anilines is 1. The van der Waals surface area contributed by atoms with Gasteiger partial charge in [0.1, 0.15) is 0 Å². The number of nitrogens with one attached hydrogen (secondary N) is 1. The van der Waals surface area contributed by atoms with Gasteiger partial charge in [-0.3, -0.25) is 0 Å². The minimum atomic E-state index is 0.153. The van der Waals surface area contributed by atoms with Crippen molar-refractivity contribution in [2.75, 3.05) is 23.7 Å². The zero-order valence-corrected chi connectivity index (χ0v) is 15.9. The lowest BCUT2D eigenvalue weighted by atomic mass is 10.1. The van der Waals surface area contributed by atoms with Crippen LogP contribution >= 0.6 is 23.1 Å². The third-order valence-electron chi connectivity index (χ3n) is 3.77. The van der Waals surface area contributed by atoms with Crippen LogP contribution < -0.4 is 10.2 Å². The summed E-state index contributed by atoms with van der Waals surface area (Å²) in [7, 11) is 0. The number of aromatic nitrogens is 1. The first-order chi connectivity index (χ1) is 9.66. The normalized spacial score (nSPS) is 19.6. The number of thiazole rings is 1. The Labute approximate surface area is 137 Å². The summed E-state index contributed by atoms with van der Waals surface area (Å²) in [6.45, 7) is 16.6. The average molecular weight is 328 g/mol. The van der Waals surface area contributed by atoms with Crippen LogP contribution in [0.25, 0.3) is 0 Å². The Morgan fingerprint density at radius 2 is 2.00 bits per heavy atom. The summed E-state index contributed by atoms with van der Waals surface area (Å²) in [6.07, 6.45) is 1.23. The molecule has 0 saturated carbocycles. The van der Waals surface area contributed by atoms with Crippen LogP contribution in [0.2, 0.25) is 0 Å². The first-order valence-corrected chi connectivity index (χ1v) is 9.57. The van der Waals surface area contributed by atoms with Crippen LogP contribution in [0.1, 0.15) is 51.6 Å². The Morgan fingerprint density at radius 1 is 1.29 bits per heavy atom. The van der Waals surface area contributed by atoms with Gasteiger partial charge in [0.25, 0.3) is 0 Å². The molecule has 0 radical (unpaired) electrons. The second-order valence-electron chi connectivity index (χ2n) is 7.45. The van der Waals surface area contributed by atoms with E-state index in [2.05, 4.69) is 63.5 Å². The number of hydrogen-bond acceptors (Lipinski definition) is 5. The smallest absolute Gasteiger partial charge is 0.185 e. The molecule has 0 aliphatic carbocycles. The molecule has 0 aromatic carbocycles. The molecule has 3 nitrogen and oxygen atoms in total. The van der Waals surface area contributed by atoms with E-state index in [0.29, 0.717) is 4.75 Å². The molecule has 120 valence electrons. The SMILES string of the molecule is Cc1nc(N2CCSC(C)(C)CC2)sc1CNC(C)(C)C. The predicted molar refractivity (Wildman–Crippen MR) is 96.8 cm³/mol. The van der Waals surface area contributed by atoms with Gasteiger partial charge in [-0.05, 0) is 34.1 Å². The highest BCUT2D eigenvalue weighted by Crippen LogP contribution is 2.34. The van der Waals surface area contributed by atoms with Crippen LogP contribution in [0.3, 0.4) is 0 Å². The molecular weight excluding hydrogens is 298 g/mol. The Kier molecular flexibility index (Phi) is 5.27. The van der Waals surface area contributed by atoms with Gasteiger partial charge in [0.05, 0.1) is 5.69 Å². The van der Waals surface area contributed by atoms with E-state index in [1.54, 1.807) is 0 Å². The minimum Gasteiger partial charge on any atom is -0.347 e. The largest absolute Gasteiger partial charge is 0.347 e. The molecule has 1 aromatic heterocycles. The molecule has 2 heterocycles. The van der Waals surface area contributed by atoms with Crippen LogP contribution in [-0.4, -0.2) is 34.1 Å². The molecule has 2 rings (SSSR count). The third-order valence-corrected chi connectivity index (χ3v) is 6.36. The zero-order valence-electron chi connectivity index (χ0n) is 14.2. The van der Waals surface area contributed by atoms with Crippen molar-refractivity contribution in [1.29, 1.82) is 0 Å². The van der Waals surface area contributed by atoms with Crippen molar-refractivity contribution < 1.29 is 0 Å². The summed E-state index contributed by atoms with van der Waals surface area (Å²) in [4.78, 5) is 8.66. The van der Waals surface area contributed by atoms with Gasteiger partial charge in [-0.25, -0.2) is 4.98 Å². The lowest BCUT2D eigenvalue weighted by Gasteiger charge is -2.22. The van der Waals surface area contributed by atoms with E-state index in [0.717, 1.165) is 19.6 Å². The predicted octanol–water partition coefficient (Wildman–Crippen LogP) is 4.06. The molecular formula is C16H29N3S2. The molecule has 21 heavy (non-hydrogen) atoms. The standard InChI is InChI=1S/C16H29N3S2/c1-12-13(11-17-15(2,3)4)21-14(18-12)19-8-7-16(5,6)20-10-9-19/h17H,7-11H2,1-6H3. The molecule has 5 heteroatoms. The second kappa shape index (κ2) is 6.47. The van der Waals surface area contributed by atoms with Crippen molar-refractivity contribution in [1.82, 2.24) is 10.3 Å². The number of aryl methyl sites for hydroxylation is 1. The van der Waals surface area contributed by atoms with Crippen molar-refractivity contribution >= 4 is 28.2 Å². The van der Waals surface area contributed by atoms with E-state index in [1.165, 1.54) is 27.9 Å². The van der Waals surface area contributed by atoms with Gasteiger partial charge in [0.2, 0.25) is 0 Å². The lowest BCUT2D eigenvalue weighted by Crippen LogP contribution is -2.34. The van der Waals surface area contributed by atoms with Crippen molar-refractivity contribution in [2.45, 2.75) is 64.8 Å². The Morgan fingerprint density at radius 3 is 2.67 bits per heavy atom. The molecule has 1 aromatic rings. The van der Waals surface area contributed by atoms with Crippen LogP contribution in [0, 0.1) is 6.92 Å². The minimum absolute atomic E-state index is 0.153. The molecule has 1 aliphatic heterocycles. The molecule has 1 saturated heterocycles. The number of nitrogens with zero attached hydrogens (tertiary/aromatic N) is 2. The summed E-state index contributed by atoms with van der Waals surface area (Å²) in [5.74, 6) is 1.20. The van der Waals surface area contributed by atoms with Crippen molar-refractivity contribution in [3.05, 3.63) is 10.6 Å². The maximum atomic E-state index is 4.82. The summed E-state index contributed by atoms with van der Waals surface area (Å²) in [5.41, 5.74) is 1.34. The summed E-state index contributed by atoms with van der Waals surface area (Å²) < 4.78 is 0.400. The summed E-state index contributed by atoms with van der Waals surface area (Å²) >= 11 is 3.95. The zero-order chi connectivity index (χ0) is 15.7. The molecule has 0 bridgehead atoms. The number of rotatable bonds is 3. The van der Waals surface area contributed by atoms with Gasteiger partial charge in [-0.15, -0.1) is 11.3 Å². The Balaban J connectivity index is 2.04. The number of hydrogen-bond donors (Lipinski definition) is 1. The quantitative estimate of drug-likeness (QED) is 0.906. The van der Waals surface area contributed by atoms with Gasteiger partial charge < -0.3 is 10.2 Å². The summed E-state index contributed by atoms with van der Waals surface area (Å²) in [5, 5.41) is 4.77. The third kappa shape index (κ3) is 5.15. The van der Waals surface area contributed by atoms with E-state index >= 15 is 0 Å². The van der Waals surface area contributed by atoms with E-state index in [1.807, 2.05) is 11.3 Å². The van der Waals surface area contributed by atoms with E-state index in [4.69, 9.17) is 4.98 Å². The maximum absolute atomic E-state index is 4.82. The fraction of sp³-hybridized carbons (Fsp3) is 0.812. The lowest BCUT2D eigenvalue weighted by molar-refractivity contribution is 0.425. The highest BCUT2D eigenvalue weighted by atomic mass is 32.2. The molecule has 1 aliphatic rings. The fourth-order valence-electron chi connectivity index (χ4n) is 2.27. The average Bonchev–Trinajstić information content (AvgIpc) is 2.61. The summed E-state index contributed by atoms with van der Waals surface area (Å²) in [6, 6.07) is 0. The van der Waals surface area contributed by atoms with Gasteiger partial charge in [-0.1, -0.05) is 13.8 Å². The van der Waals surface area contributed by atoms with Crippen molar-refractivity contribution in [2.24, 2.45) is 0 Å². The first kappa shape index (κ1) is 17.1. The molecule has 1 N–H and O–H groups in total. The topological polar surface area (TPSA) is 28.2 Å². The highest BCUT2D eigenvalue weighted by Gasteiger charge is 2.25. The van der Waals surface area contributed by atoms with Crippen LogP contribution in [-0.2, 0) is 6.54 Å². The Hall–Kier alpha value is -0.260. The second-order valence-corrected chi connectivity index (χ2v) is 10.3.